The van der Waals surface area contributed by atoms with Gasteiger partial charge in [-0.1, -0.05) is 25.0 Å². The monoisotopic (exact) mass is 170 g/mol. The molecule has 1 unspecified atom stereocenters. The maximum Gasteiger partial charge on any atom is 0.0654 e. The molecule has 0 spiro atoms. The van der Waals surface area contributed by atoms with Gasteiger partial charge in [0.15, 0.2) is 0 Å². The van der Waals surface area contributed by atoms with Gasteiger partial charge in [-0.3, -0.25) is 0 Å². The Morgan fingerprint density at radius 1 is 1.42 bits per heavy atom. The second-order valence-electron chi connectivity index (χ2n) is 4.29. The smallest absolute Gasteiger partial charge is 0.0654 e. The maximum absolute atomic E-state index is 9.81. The van der Waals surface area contributed by atoms with Gasteiger partial charge in [0, 0.05) is 5.92 Å². The van der Waals surface area contributed by atoms with E-state index in [2.05, 4.69) is 26.8 Å². The molecule has 72 valence electrons. The molecule has 1 nitrogen and oxygen atoms in total. The minimum absolute atomic E-state index is 0.299. The highest BCUT2D eigenvalue weighted by molar-refractivity contribution is 5.01. The molecule has 0 saturated carbocycles. The molecule has 0 aromatic carbocycles. The van der Waals surface area contributed by atoms with Crippen LogP contribution in [0.4, 0.5) is 0 Å². The van der Waals surface area contributed by atoms with Crippen LogP contribution in [0.3, 0.4) is 0 Å². The van der Waals surface area contributed by atoms with Gasteiger partial charge < -0.3 is 5.11 Å². The van der Waals surface area contributed by atoms with Gasteiger partial charge in [0.25, 0.3) is 0 Å². The van der Waals surface area contributed by atoms with Gasteiger partial charge in [0.2, 0.25) is 0 Å². The van der Waals surface area contributed by atoms with Crippen LogP contribution in [0.25, 0.3) is 0 Å². The van der Waals surface area contributed by atoms with Crippen LogP contribution in [-0.4, -0.2) is 10.7 Å². The average Bonchev–Trinajstić information content (AvgIpc) is 1.83. The second kappa shape index (κ2) is 4.66. The van der Waals surface area contributed by atoms with Gasteiger partial charge in [0.05, 0.1) is 5.60 Å². The third-order valence-electron chi connectivity index (χ3n) is 2.04. The number of allylic oxidation sites excluding steroid dienone is 1. The third kappa shape index (κ3) is 4.55. The van der Waals surface area contributed by atoms with Crippen LogP contribution in [0.1, 0.15) is 47.5 Å². The first-order valence-corrected chi connectivity index (χ1v) is 4.75. The summed E-state index contributed by atoms with van der Waals surface area (Å²) >= 11 is 0. The molecule has 0 rings (SSSR count). The van der Waals surface area contributed by atoms with E-state index in [-0.39, 0.29) is 0 Å². The van der Waals surface area contributed by atoms with E-state index in [0.29, 0.717) is 5.92 Å². The molecule has 0 fully saturated rings. The highest BCUT2D eigenvalue weighted by atomic mass is 16.3. The Hall–Kier alpha value is -0.300. The minimum Gasteiger partial charge on any atom is -0.390 e. The Morgan fingerprint density at radius 3 is 2.17 bits per heavy atom. The summed E-state index contributed by atoms with van der Waals surface area (Å²) in [6.45, 7) is 10.1. The molecular formula is C11H22O. The van der Waals surface area contributed by atoms with E-state index in [9.17, 15) is 5.11 Å². The summed E-state index contributed by atoms with van der Waals surface area (Å²) in [5, 5.41) is 9.81. The summed E-state index contributed by atoms with van der Waals surface area (Å²) in [4.78, 5) is 0. The number of hydrogen-bond donors (Lipinski definition) is 1. The molecule has 0 bridgehead atoms. The van der Waals surface area contributed by atoms with E-state index in [4.69, 9.17) is 0 Å². The van der Waals surface area contributed by atoms with Crippen molar-refractivity contribution < 1.29 is 5.11 Å². The highest BCUT2D eigenvalue weighted by Gasteiger charge is 2.23. The van der Waals surface area contributed by atoms with Crippen molar-refractivity contribution in [2.45, 2.75) is 53.1 Å². The van der Waals surface area contributed by atoms with Gasteiger partial charge in [-0.15, -0.1) is 0 Å². The van der Waals surface area contributed by atoms with Gasteiger partial charge in [-0.2, -0.15) is 0 Å². The molecule has 1 heteroatoms. The number of rotatable bonds is 4. The SMILES string of the molecule is CCCC(C=C(C)C)C(C)(C)O. The largest absolute Gasteiger partial charge is 0.390 e. The van der Waals surface area contributed by atoms with Crippen molar-refractivity contribution in [2.75, 3.05) is 0 Å². The van der Waals surface area contributed by atoms with Crippen LogP contribution < -0.4 is 0 Å². The van der Waals surface area contributed by atoms with Crippen molar-refractivity contribution in [2.24, 2.45) is 5.92 Å². The fraction of sp³-hybridized carbons (Fsp3) is 0.818. The molecule has 0 aromatic rings. The van der Waals surface area contributed by atoms with Gasteiger partial charge in [-0.05, 0) is 34.1 Å². The zero-order valence-corrected chi connectivity index (χ0v) is 9.02. The van der Waals surface area contributed by atoms with E-state index in [1.165, 1.54) is 5.57 Å². The summed E-state index contributed by atoms with van der Waals surface area (Å²) in [6, 6.07) is 0. The molecular weight excluding hydrogens is 148 g/mol. The molecule has 0 radical (unpaired) electrons. The molecule has 0 aromatic heterocycles. The van der Waals surface area contributed by atoms with Crippen LogP contribution in [-0.2, 0) is 0 Å². The highest BCUT2D eigenvalue weighted by Crippen LogP contribution is 2.23. The van der Waals surface area contributed by atoms with Crippen molar-refractivity contribution in [3.63, 3.8) is 0 Å². The lowest BCUT2D eigenvalue weighted by atomic mass is 9.86. The van der Waals surface area contributed by atoms with Crippen molar-refractivity contribution in [1.29, 1.82) is 0 Å². The first-order valence-electron chi connectivity index (χ1n) is 4.75. The Kier molecular flexibility index (Phi) is 4.54. The zero-order valence-electron chi connectivity index (χ0n) is 9.02. The van der Waals surface area contributed by atoms with Crippen molar-refractivity contribution >= 4 is 0 Å². The van der Waals surface area contributed by atoms with Crippen LogP contribution in [0, 0.1) is 5.92 Å². The van der Waals surface area contributed by atoms with Crippen LogP contribution in [0.2, 0.25) is 0 Å². The molecule has 0 saturated heterocycles. The zero-order chi connectivity index (χ0) is 9.78. The Balaban J connectivity index is 4.34. The molecule has 0 aliphatic rings. The lowest BCUT2D eigenvalue weighted by Gasteiger charge is -2.26. The van der Waals surface area contributed by atoms with E-state index in [1.54, 1.807) is 0 Å². The first-order chi connectivity index (χ1) is 5.38. The fourth-order valence-electron chi connectivity index (χ4n) is 1.35. The minimum atomic E-state index is -0.576. The van der Waals surface area contributed by atoms with E-state index in [0.717, 1.165) is 12.8 Å². The summed E-state index contributed by atoms with van der Waals surface area (Å²) in [5.41, 5.74) is 0.711. The quantitative estimate of drug-likeness (QED) is 0.643. The third-order valence-corrected chi connectivity index (χ3v) is 2.04. The Morgan fingerprint density at radius 2 is 1.92 bits per heavy atom. The Bertz CT molecular complexity index is 147. The molecule has 0 aliphatic carbocycles. The lowest BCUT2D eigenvalue weighted by Crippen LogP contribution is -2.29. The Labute approximate surface area is 76.5 Å². The summed E-state index contributed by atoms with van der Waals surface area (Å²) in [6.07, 6.45) is 4.36. The van der Waals surface area contributed by atoms with Crippen molar-refractivity contribution in [3.05, 3.63) is 11.6 Å². The summed E-state index contributed by atoms with van der Waals surface area (Å²) in [5.74, 6) is 0.299. The van der Waals surface area contributed by atoms with Crippen molar-refractivity contribution in [1.82, 2.24) is 0 Å². The standard InChI is InChI=1S/C11H22O/c1-6-7-10(8-9(2)3)11(4,5)12/h8,10,12H,6-7H2,1-5H3. The van der Waals surface area contributed by atoms with Gasteiger partial charge >= 0.3 is 0 Å². The van der Waals surface area contributed by atoms with Crippen LogP contribution >= 0.6 is 0 Å². The molecule has 12 heavy (non-hydrogen) atoms. The molecule has 0 amide bonds. The van der Waals surface area contributed by atoms with E-state index < -0.39 is 5.60 Å². The van der Waals surface area contributed by atoms with Gasteiger partial charge in [0.1, 0.15) is 0 Å². The number of hydrogen-bond acceptors (Lipinski definition) is 1. The normalized spacial score (nSPS) is 14.2. The van der Waals surface area contributed by atoms with Crippen LogP contribution in [0.15, 0.2) is 11.6 Å². The van der Waals surface area contributed by atoms with E-state index >= 15 is 0 Å². The first kappa shape index (κ1) is 11.7. The molecule has 0 aliphatic heterocycles. The predicted molar refractivity (Wildman–Crippen MR) is 54.1 cm³/mol. The summed E-state index contributed by atoms with van der Waals surface area (Å²) in [7, 11) is 0. The topological polar surface area (TPSA) is 20.2 Å². The van der Waals surface area contributed by atoms with Crippen molar-refractivity contribution in [3.8, 4) is 0 Å². The number of aliphatic hydroxyl groups is 1. The summed E-state index contributed by atoms with van der Waals surface area (Å²) < 4.78 is 0. The van der Waals surface area contributed by atoms with Crippen LogP contribution in [0.5, 0.6) is 0 Å². The molecule has 1 N–H and O–H groups in total. The maximum atomic E-state index is 9.81. The van der Waals surface area contributed by atoms with Gasteiger partial charge in [-0.25, -0.2) is 0 Å². The average molecular weight is 170 g/mol. The predicted octanol–water partition coefficient (Wildman–Crippen LogP) is 3.14. The fourth-order valence-corrected chi connectivity index (χ4v) is 1.35. The second-order valence-corrected chi connectivity index (χ2v) is 4.29. The van der Waals surface area contributed by atoms with E-state index in [1.807, 2.05) is 13.8 Å². The molecule has 0 heterocycles. The lowest BCUT2D eigenvalue weighted by molar-refractivity contribution is 0.0331. The molecule has 1 atom stereocenters.